The van der Waals surface area contributed by atoms with Crippen molar-refractivity contribution >= 4 is 5.97 Å². The first-order valence-corrected chi connectivity index (χ1v) is 5.43. The summed E-state index contributed by atoms with van der Waals surface area (Å²) in [6.07, 6.45) is 4.64. The number of hydrogen-bond donors (Lipinski definition) is 1. The Bertz CT molecular complexity index is 392. The Balaban J connectivity index is 2.24. The summed E-state index contributed by atoms with van der Waals surface area (Å²) >= 11 is 0. The lowest BCUT2D eigenvalue weighted by molar-refractivity contribution is 0.0688. The van der Waals surface area contributed by atoms with Crippen molar-refractivity contribution in [3.05, 3.63) is 29.6 Å². The van der Waals surface area contributed by atoms with Crippen LogP contribution in [-0.4, -0.2) is 29.3 Å². The molecule has 86 valence electrons. The summed E-state index contributed by atoms with van der Waals surface area (Å²) in [5.74, 6) is -0.679. The average molecular weight is 221 g/mol. The number of carbonyl (C=O) groups is 1. The van der Waals surface area contributed by atoms with Crippen LogP contribution in [0, 0.1) is 0 Å². The van der Waals surface area contributed by atoms with E-state index < -0.39 is 5.97 Å². The monoisotopic (exact) mass is 221 g/mol. The highest BCUT2D eigenvalue weighted by Gasteiger charge is 2.28. The molecule has 0 bridgehead atoms. The number of hydrogen-bond acceptors (Lipinski definition) is 3. The molecular weight excluding hydrogens is 206 g/mol. The van der Waals surface area contributed by atoms with E-state index in [2.05, 4.69) is 4.98 Å². The van der Waals surface area contributed by atoms with E-state index in [9.17, 15) is 4.79 Å². The van der Waals surface area contributed by atoms with Crippen LogP contribution in [0.4, 0.5) is 0 Å². The van der Waals surface area contributed by atoms with Gasteiger partial charge in [-0.15, -0.1) is 0 Å². The fourth-order valence-corrected chi connectivity index (χ4v) is 2.36. The van der Waals surface area contributed by atoms with Crippen molar-refractivity contribution in [1.82, 2.24) is 4.98 Å². The van der Waals surface area contributed by atoms with Gasteiger partial charge in [0.15, 0.2) is 5.69 Å². The van der Waals surface area contributed by atoms with Crippen LogP contribution < -0.4 is 0 Å². The molecule has 1 aliphatic carbocycles. The van der Waals surface area contributed by atoms with Crippen LogP contribution in [0.3, 0.4) is 0 Å². The predicted molar refractivity (Wildman–Crippen MR) is 58.6 cm³/mol. The summed E-state index contributed by atoms with van der Waals surface area (Å²) in [7, 11) is 1.70. The minimum Gasteiger partial charge on any atom is -0.477 e. The van der Waals surface area contributed by atoms with Crippen LogP contribution in [0.1, 0.15) is 41.2 Å². The summed E-state index contributed by atoms with van der Waals surface area (Å²) in [5, 5.41) is 9.06. The van der Waals surface area contributed by atoms with Gasteiger partial charge in [0.05, 0.1) is 6.10 Å². The van der Waals surface area contributed by atoms with Gasteiger partial charge in [-0.25, -0.2) is 9.78 Å². The summed E-state index contributed by atoms with van der Waals surface area (Å²) in [4.78, 5) is 15.0. The fourth-order valence-electron chi connectivity index (χ4n) is 2.36. The molecule has 0 spiro atoms. The minimum absolute atomic E-state index is 0.184. The van der Waals surface area contributed by atoms with Gasteiger partial charge in [0.25, 0.3) is 0 Å². The van der Waals surface area contributed by atoms with Crippen LogP contribution in [0.15, 0.2) is 18.3 Å². The molecule has 0 amide bonds. The molecule has 1 aromatic rings. The van der Waals surface area contributed by atoms with Gasteiger partial charge in [0, 0.05) is 13.3 Å². The number of rotatable bonds is 3. The molecule has 4 nitrogen and oxygen atoms in total. The van der Waals surface area contributed by atoms with Crippen LogP contribution in [0.5, 0.6) is 0 Å². The second kappa shape index (κ2) is 4.61. The lowest BCUT2D eigenvalue weighted by Gasteiger charge is -2.12. The first kappa shape index (κ1) is 11.1. The predicted octanol–water partition coefficient (Wildman–Crippen LogP) is 2.06. The van der Waals surface area contributed by atoms with Gasteiger partial charge in [-0.1, -0.05) is 6.07 Å². The number of aromatic nitrogens is 1. The number of aromatic carboxylic acids is 1. The van der Waals surface area contributed by atoms with Crippen molar-refractivity contribution in [3.8, 4) is 0 Å². The quantitative estimate of drug-likeness (QED) is 0.848. The van der Waals surface area contributed by atoms with Crippen LogP contribution >= 0.6 is 0 Å². The van der Waals surface area contributed by atoms with E-state index in [-0.39, 0.29) is 17.7 Å². The summed E-state index contributed by atoms with van der Waals surface area (Å²) in [5.41, 5.74) is 1.03. The van der Waals surface area contributed by atoms with Crippen LogP contribution in [0.25, 0.3) is 0 Å². The van der Waals surface area contributed by atoms with Crippen molar-refractivity contribution in [2.75, 3.05) is 7.11 Å². The molecule has 2 atom stereocenters. The zero-order chi connectivity index (χ0) is 11.5. The maximum absolute atomic E-state index is 11.0. The molecule has 4 heteroatoms. The maximum atomic E-state index is 11.0. The molecule has 2 rings (SSSR count). The lowest BCUT2D eigenvalue weighted by Crippen LogP contribution is -2.09. The van der Waals surface area contributed by atoms with Crippen LogP contribution in [0.2, 0.25) is 0 Å². The highest BCUT2D eigenvalue weighted by molar-refractivity contribution is 5.87. The Morgan fingerprint density at radius 1 is 1.56 bits per heavy atom. The third-order valence-electron chi connectivity index (χ3n) is 3.20. The molecule has 1 fully saturated rings. The van der Waals surface area contributed by atoms with Crippen molar-refractivity contribution in [1.29, 1.82) is 0 Å². The van der Waals surface area contributed by atoms with Gasteiger partial charge in [-0.3, -0.25) is 0 Å². The number of carboxylic acids is 1. The highest BCUT2D eigenvalue weighted by atomic mass is 16.5. The highest BCUT2D eigenvalue weighted by Crippen LogP contribution is 2.36. The zero-order valence-electron chi connectivity index (χ0n) is 9.22. The fraction of sp³-hybridized carbons (Fsp3) is 0.500. The normalized spacial score (nSPS) is 24.6. The van der Waals surface area contributed by atoms with Crippen molar-refractivity contribution in [3.63, 3.8) is 0 Å². The number of pyridine rings is 1. The Labute approximate surface area is 94.3 Å². The smallest absolute Gasteiger partial charge is 0.354 e. The van der Waals surface area contributed by atoms with Gasteiger partial charge in [-0.05, 0) is 36.8 Å². The molecule has 1 saturated carbocycles. The molecule has 16 heavy (non-hydrogen) atoms. The third kappa shape index (κ3) is 2.07. The number of methoxy groups -OCH3 is 1. The molecular formula is C12H15NO3. The average Bonchev–Trinajstić information content (AvgIpc) is 2.77. The summed E-state index contributed by atoms with van der Waals surface area (Å²) < 4.78 is 5.30. The van der Waals surface area contributed by atoms with E-state index in [1.54, 1.807) is 13.2 Å². The number of ether oxygens (including phenoxy) is 1. The molecule has 2 unspecified atom stereocenters. The molecule has 0 saturated heterocycles. The van der Waals surface area contributed by atoms with Gasteiger partial charge in [0.2, 0.25) is 0 Å². The molecule has 1 aliphatic rings. The Morgan fingerprint density at radius 2 is 2.38 bits per heavy atom. The Morgan fingerprint density at radius 3 is 3.00 bits per heavy atom. The first-order chi connectivity index (χ1) is 7.72. The number of carboxylic acid groups (broad SMARTS) is 1. The molecule has 1 aromatic heterocycles. The zero-order valence-corrected chi connectivity index (χ0v) is 9.22. The second-order valence-corrected chi connectivity index (χ2v) is 4.11. The molecule has 0 aliphatic heterocycles. The Kier molecular flexibility index (Phi) is 3.19. The van der Waals surface area contributed by atoms with E-state index in [0.29, 0.717) is 0 Å². The van der Waals surface area contributed by atoms with Gasteiger partial charge < -0.3 is 9.84 Å². The Hall–Kier alpha value is -1.42. The van der Waals surface area contributed by atoms with E-state index in [1.807, 2.05) is 6.07 Å². The molecule has 1 N–H and O–H groups in total. The number of nitrogens with zero attached hydrogens (tertiary/aromatic N) is 1. The van der Waals surface area contributed by atoms with Crippen LogP contribution in [-0.2, 0) is 4.74 Å². The van der Waals surface area contributed by atoms with Gasteiger partial charge in [-0.2, -0.15) is 0 Å². The van der Waals surface area contributed by atoms with E-state index >= 15 is 0 Å². The van der Waals surface area contributed by atoms with E-state index in [4.69, 9.17) is 9.84 Å². The summed E-state index contributed by atoms with van der Waals surface area (Å²) in [6, 6.07) is 3.65. The minimum atomic E-state index is -0.948. The third-order valence-corrected chi connectivity index (χ3v) is 3.20. The largest absolute Gasteiger partial charge is 0.477 e. The summed E-state index contributed by atoms with van der Waals surface area (Å²) in [6.45, 7) is 0. The second-order valence-electron chi connectivity index (χ2n) is 4.11. The van der Waals surface area contributed by atoms with Gasteiger partial charge in [0.1, 0.15) is 0 Å². The van der Waals surface area contributed by atoms with Crippen molar-refractivity contribution < 1.29 is 14.6 Å². The van der Waals surface area contributed by atoms with Crippen molar-refractivity contribution in [2.24, 2.45) is 0 Å². The van der Waals surface area contributed by atoms with Crippen molar-refractivity contribution in [2.45, 2.75) is 31.3 Å². The molecule has 0 radical (unpaired) electrons. The molecule has 1 heterocycles. The lowest BCUT2D eigenvalue weighted by atomic mass is 9.96. The van der Waals surface area contributed by atoms with E-state index in [1.165, 1.54) is 6.20 Å². The topological polar surface area (TPSA) is 59.4 Å². The van der Waals surface area contributed by atoms with E-state index in [0.717, 1.165) is 24.8 Å². The molecule has 0 aromatic carbocycles. The first-order valence-electron chi connectivity index (χ1n) is 5.43. The SMILES string of the molecule is COC1CCC(c2cccnc2C(=O)O)C1. The standard InChI is InChI=1S/C12H15NO3/c1-16-9-5-4-8(7-9)10-3-2-6-13-11(10)12(14)15/h2-3,6,8-9H,4-5,7H2,1H3,(H,14,15). The maximum Gasteiger partial charge on any atom is 0.354 e. The van der Waals surface area contributed by atoms with Gasteiger partial charge >= 0.3 is 5.97 Å².